The topological polar surface area (TPSA) is 36.0 Å². The molecule has 2 N–H and O–H groups in total. The lowest BCUT2D eigenvalue weighted by Gasteiger charge is -1.96. The fraction of sp³-hybridized carbons (Fsp3) is 0.333. The quantitative estimate of drug-likeness (QED) is 0.558. The van der Waals surface area contributed by atoms with Crippen LogP contribution in [0.25, 0.3) is 0 Å². The smallest absolute Gasteiger partial charge is 0.0909 e. The van der Waals surface area contributed by atoms with Crippen molar-refractivity contribution in [2.45, 2.75) is 13.0 Å². The Morgan fingerprint density at radius 2 is 2.50 bits per heavy atom. The van der Waals surface area contributed by atoms with Crippen LogP contribution in [0.4, 0.5) is 0 Å². The molecule has 0 bridgehead atoms. The van der Waals surface area contributed by atoms with Crippen molar-refractivity contribution in [3.63, 3.8) is 0 Å². The Hall–Kier alpha value is -0.760. The molecule has 0 amide bonds. The molecule has 1 aromatic rings. The first-order valence-corrected chi connectivity index (χ1v) is 2.62. The zero-order valence-corrected chi connectivity index (χ0v) is 4.76. The van der Waals surface area contributed by atoms with Crippen LogP contribution in [0.3, 0.4) is 0 Å². The number of hydrogen-bond acceptors (Lipinski definition) is 1. The van der Waals surface area contributed by atoms with Gasteiger partial charge in [0, 0.05) is 11.9 Å². The minimum Gasteiger partial charge on any atom is -0.387 e. The number of aromatic amines is 1. The third-order valence-corrected chi connectivity index (χ3v) is 1.07. The van der Waals surface area contributed by atoms with E-state index in [1.54, 1.807) is 13.1 Å². The zero-order chi connectivity index (χ0) is 5.98. The van der Waals surface area contributed by atoms with Crippen molar-refractivity contribution in [3.8, 4) is 0 Å². The van der Waals surface area contributed by atoms with E-state index in [-0.39, 0.29) is 6.10 Å². The minimum atomic E-state index is -0.370. The van der Waals surface area contributed by atoms with Gasteiger partial charge in [0.05, 0.1) is 6.10 Å². The van der Waals surface area contributed by atoms with Gasteiger partial charge < -0.3 is 10.1 Å². The molecule has 0 radical (unpaired) electrons. The summed E-state index contributed by atoms with van der Waals surface area (Å²) in [7, 11) is 0. The molecule has 0 spiro atoms. The van der Waals surface area contributed by atoms with Gasteiger partial charge in [-0.2, -0.15) is 0 Å². The van der Waals surface area contributed by atoms with Gasteiger partial charge in [-0.1, -0.05) is 0 Å². The van der Waals surface area contributed by atoms with Gasteiger partial charge in [-0.25, -0.2) is 0 Å². The number of hydrogen-bond donors (Lipinski definition) is 2. The lowest BCUT2D eigenvalue weighted by atomic mass is 10.3. The van der Waals surface area contributed by atoms with E-state index in [0.717, 1.165) is 5.69 Å². The molecule has 1 heterocycles. The third-order valence-electron chi connectivity index (χ3n) is 1.07. The van der Waals surface area contributed by atoms with Crippen LogP contribution in [0.5, 0.6) is 0 Å². The predicted octanol–water partition coefficient (Wildman–Crippen LogP) is 1.07. The second kappa shape index (κ2) is 2.01. The number of aliphatic hydroxyl groups is 1. The molecule has 0 aromatic carbocycles. The summed E-state index contributed by atoms with van der Waals surface area (Å²) < 4.78 is 0. The van der Waals surface area contributed by atoms with Crippen molar-refractivity contribution in [1.29, 1.82) is 0 Å². The van der Waals surface area contributed by atoms with Gasteiger partial charge in [-0.05, 0) is 19.1 Å². The van der Waals surface area contributed by atoms with Crippen molar-refractivity contribution >= 4 is 0 Å². The third kappa shape index (κ3) is 0.898. The van der Waals surface area contributed by atoms with Gasteiger partial charge in [0.15, 0.2) is 0 Å². The summed E-state index contributed by atoms with van der Waals surface area (Å²) in [5, 5.41) is 8.88. The standard InChI is InChI=1S/C6H9NO/c1-5(8)6-3-2-4-7-6/h2-5,7-8H,1H3. The molecule has 0 aliphatic rings. The van der Waals surface area contributed by atoms with Crippen LogP contribution >= 0.6 is 0 Å². The van der Waals surface area contributed by atoms with E-state index < -0.39 is 0 Å². The summed E-state index contributed by atoms with van der Waals surface area (Å²) >= 11 is 0. The Morgan fingerprint density at radius 1 is 1.75 bits per heavy atom. The van der Waals surface area contributed by atoms with Crippen LogP contribution in [0.2, 0.25) is 0 Å². The van der Waals surface area contributed by atoms with Gasteiger partial charge >= 0.3 is 0 Å². The maximum atomic E-state index is 8.88. The Labute approximate surface area is 48.2 Å². The number of aliphatic hydroxyl groups excluding tert-OH is 1. The average Bonchev–Trinajstić information content (AvgIpc) is 2.12. The lowest BCUT2D eigenvalue weighted by Crippen LogP contribution is -1.88. The predicted molar refractivity (Wildman–Crippen MR) is 31.4 cm³/mol. The molecule has 0 aliphatic heterocycles. The molecule has 0 fully saturated rings. The van der Waals surface area contributed by atoms with E-state index in [9.17, 15) is 0 Å². The second-order valence-electron chi connectivity index (χ2n) is 1.80. The monoisotopic (exact) mass is 111 g/mol. The minimum absolute atomic E-state index is 0.370. The molecule has 44 valence electrons. The van der Waals surface area contributed by atoms with E-state index in [1.165, 1.54) is 0 Å². The van der Waals surface area contributed by atoms with Crippen LogP contribution < -0.4 is 0 Å². The summed E-state index contributed by atoms with van der Waals surface area (Å²) in [5.41, 5.74) is 0.866. The lowest BCUT2D eigenvalue weighted by molar-refractivity contribution is 0.195. The Balaban J connectivity index is 2.77. The largest absolute Gasteiger partial charge is 0.387 e. The number of aromatic nitrogens is 1. The van der Waals surface area contributed by atoms with Crippen LogP contribution in [0.1, 0.15) is 18.7 Å². The van der Waals surface area contributed by atoms with Crippen molar-refractivity contribution in [3.05, 3.63) is 24.0 Å². The van der Waals surface area contributed by atoms with E-state index in [4.69, 9.17) is 5.11 Å². The van der Waals surface area contributed by atoms with E-state index in [0.29, 0.717) is 0 Å². The van der Waals surface area contributed by atoms with E-state index >= 15 is 0 Å². The van der Waals surface area contributed by atoms with Gasteiger partial charge in [0.25, 0.3) is 0 Å². The van der Waals surface area contributed by atoms with Gasteiger partial charge in [-0.15, -0.1) is 0 Å². The number of rotatable bonds is 1. The van der Waals surface area contributed by atoms with E-state index in [2.05, 4.69) is 4.98 Å². The molecule has 1 unspecified atom stereocenters. The SMILES string of the molecule is CC(O)c1ccc[nH]1. The van der Waals surface area contributed by atoms with Crippen molar-refractivity contribution in [2.75, 3.05) is 0 Å². The van der Waals surface area contributed by atoms with Gasteiger partial charge in [0.2, 0.25) is 0 Å². The van der Waals surface area contributed by atoms with Crippen LogP contribution in [0.15, 0.2) is 18.3 Å². The molecule has 2 nitrogen and oxygen atoms in total. The van der Waals surface area contributed by atoms with Crippen LogP contribution in [-0.2, 0) is 0 Å². The molecule has 0 saturated carbocycles. The van der Waals surface area contributed by atoms with Crippen LogP contribution in [-0.4, -0.2) is 10.1 Å². The summed E-state index contributed by atoms with van der Waals surface area (Å²) in [6.07, 6.45) is 1.42. The average molecular weight is 111 g/mol. The first-order valence-electron chi connectivity index (χ1n) is 2.62. The molecular weight excluding hydrogens is 102 g/mol. The summed E-state index contributed by atoms with van der Waals surface area (Å²) in [4.78, 5) is 2.89. The van der Waals surface area contributed by atoms with Gasteiger partial charge in [-0.3, -0.25) is 0 Å². The second-order valence-corrected chi connectivity index (χ2v) is 1.80. The highest BCUT2D eigenvalue weighted by molar-refractivity contribution is 5.05. The summed E-state index contributed by atoms with van der Waals surface area (Å²) in [6.45, 7) is 1.73. The fourth-order valence-corrected chi connectivity index (χ4v) is 0.604. The first kappa shape index (κ1) is 5.38. The van der Waals surface area contributed by atoms with Crippen LogP contribution in [0, 0.1) is 0 Å². The normalized spacial score (nSPS) is 13.8. The maximum Gasteiger partial charge on any atom is 0.0909 e. The highest BCUT2D eigenvalue weighted by Gasteiger charge is 1.96. The Bertz CT molecular complexity index is 144. The van der Waals surface area contributed by atoms with Gasteiger partial charge in [0.1, 0.15) is 0 Å². The Kier molecular flexibility index (Phi) is 1.35. The van der Waals surface area contributed by atoms with Crippen molar-refractivity contribution < 1.29 is 5.11 Å². The highest BCUT2D eigenvalue weighted by atomic mass is 16.3. The number of nitrogens with one attached hydrogen (secondary N) is 1. The molecule has 1 aromatic heterocycles. The molecule has 1 atom stereocenters. The van der Waals surface area contributed by atoms with E-state index in [1.807, 2.05) is 12.1 Å². The fourth-order valence-electron chi connectivity index (χ4n) is 0.604. The molecular formula is C6H9NO. The van der Waals surface area contributed by atoms with Crippen molar-refractivity contribution in [2.24, 2.45) is 0 Å². The van der Waals surface area contributed by atoms with Crippen molar-refractivity contribution in [1.82, 2.24) is 4.98 Å². The molecule has 1 rings (SSSR count). The molecule has 0 saturated heterocycles. The Morgan fingerprint density at radius 3 is 2.75 bits per heavy atom. The molecule has 8 heavy (non-hydrogen) atoms. The maximum absolute atomic E-state index is 8.88. The zero-order valence-electron chi connectivity index (χ0n) is 4.76. The number of H-pyrrole nitrogens is 1. The molecule has 2 heteroatoms. The summed E-state index contributed by atoms with van der Waals surface area (Å²) in [6, 6.07) is 3.72. The highest BCUT2D eigenvalue weighted by Crippen LogP contribution is 2.06. The summed E-state index contributed by atoms with van der Waals surface area (Å²) in [5.74, 6) is 0. The first-order chi connectivity index (χ1) is 3.80. The molecule has 0 aliphatic carbocycles.